The summed E-state index contributed by atoms with van der Waals surface area (Å²) in [4.78, 5) is 21.5. The summed E-state index contributed by atoms with van der Waals surface area (Å²) >= 11 is 1.18. The lowest BCUT2D eigenvalue weighted by molar-refractivity contribution is -0.113. The van der Waals surface area contributed by atoms with E-state index in [4.69, 9.17) is 0 Å². The molecule has 3 aromatic rings. The Morgan fingerprint density at radius 3 is 2.67 bits per heavy atom. The Bertz CT molecular complexity index is 1270. The van der Waals surface area contributed by atoms with Crippen LogP contribution in [0.25, 0.3) is 5.78 Å². The maximum absolute atomic E-state index is 13.3. The average molecular weight is 489 g/mol. The van der Waals surface area contributed by atoms with Crippen molar-refractivity contribution in [2.75, 3.05) is 18.1 Å². The maximum atomic E-state index is 13.3. The summed E-state index contributed by atoms with van der Waals surface area (Å²) in [5.74, 6) is 0.196. The Kier molecular flexibility index (Phi) is 7.01. The number of nitrogens with one attached hydrogen (secondary N) is 1. The van der Waals surface area contributed by atoms with E-state index < -0.39 is 10.0 Å². The second kappa shape index (κ2) is 9.78. The fraction of sp³-hybridized carbons (Fsp3) is 0.455. The number of aryl methyl sites for hydroxylation is 2. The first kappa shape index (κ1) is 23.7. The largest absolute Gasteiger partial charge is 0.324 e. The van der Waals surface area contributed by atoms with Gasteiger partial charge in [-0.05, 0) is 44.9 Å². The molecule has 0 atom stereocenters. The number of sulfonamides is 1. The van der Waals surface area contributed by atoms with Crippen molar-refractivity contribution in [2.45, 2.75) is 62.0 Å². The number of hydrogen-bond acceptors (Lipinski definition) is 7. The normalized spacial score (nSPS) is 15.3. The van der Waals surface area contributed by atoms with Gasteiger partial charge in [0.15, 0.2) is 0 Å². The van der Waals surface area contributed by atoms with Crippen molar-refractivity contribution in [1.29, 1.82) is 0 Å². The van der Waals surface area contributed by atoms with Gasteiger partial charge in [-0.3, -0.25) is 4.79 Å². The molecule has 1 saturated carbocycles. The maximum Gasteiger partial charge on any atom is 0.253 e. The van der Waals surface area contributed by atoms with Gasteiger partial charge in [-0.2, -0.15) is 9.29 Å². The lowest BCUT2D eigenvalue weighted by Crippen LogP contribution is -2.38. The molecule has 1 aliphatic rings. The molecule has 1 amide bonds. The van der Waals surface area contributed by atoms with Gasteiger partial charge in [-0.25, -0.2) is 17.9 Å². The van der Waals surface area contributed by atoms with Gasteiger partial charge in [0, 0.05) is 24.5 Å². The van der Waals surface area contributed by atoms with E-state index in [9.17, 15) is 13.2 Å². The molecule has 1 fully saturated rings. The van der Waals surface area contributed by atoms with Crippen molar-refractivity contribution in [1.82, 2.24) is 23.9 Å². The number of rotatable bonds is 7. The van der Waals surface area contributed by atoms with Crippen LogP contribution in [-0.2, 0) is 14.8 Å². The van der Waals surface area contributed by atoms with Crippen LogP contribution in [0.5, 0.6) is 0 Å². The van der Waals surface area contributed by atoms with Crippen molar-refractivity contribution in [2.24, 2.45) is 0 Å². The molecule has 4 rings (SSSR count). The van der Waals surface area contributed by atoms with Crippen LogP contribution in [-0.4, -0.2) is 57.1 Å². The third-order valence-corrected chi connectivity index (χ3v) is 8.64. The summed E-state index contributed by atoms with van der Waals surface area (Å²) in [5, 5.41) is 7.58. The van der Waals surface area contributed by atoms with Crippen molar-refractivity contribution < 1.29 is 13.2 Å². The number of nitrogens with zero attached hydrogens (tertiary/aromatic N) is 5. The minimum atomic E-state index is -3.73. The molecule has 0 saturated heterocycles. The molecule has 0 aliphatic heterocycles. The summed E-state index contributed by atoms with van der Waals surface area (Å²) in [6.07, 6.45) is 4.93. The molecular weight excluding hydrogens is 460 g/mol. The van der Waals surface area contributed by atoms with E-state index >= 15 is 0 Å². The molecule has 0 spiro atoms. The van der Waals surface area contributed by atoms with Gasteiger partial charge in [0.1, 0.15) is 4.90 Å². The highest BCUT2D eigenvalue weighted by Gasteiger charge is 2.31. The second-order valence-electron chi connectivity index (χ2n) is 8.29. The predicted molar refractivity (Wildman–Crippen MR) is 128 cm³/mol. The first-order chi connectivity index (χ1) is 15.8. The van der Waals surface area contributed by atoms with E-state index in [0.717, 1.165) is 43.5 Å². The van der Waals surface area contributed by atoms with Gasteiger partial charge in [-0.15, -0.1) is 5.10 Å². The smallest absolute Gasteiger partial charge is 0.253 e. The van der Waals surface area contributed by atoms with Crippen LogP contribution in [0, 0.1) is 13.8 Å². The lowest BCUT2D eigenvalue weighted by Gasteiger charge is -2.30. The van der Waals surface area contributed by atoms with E-state index in [0.29, 0.717) is 10.9 Å². The van der Waals surface area contributed by atoms with E-state index in [1.165, 1.54) is 22.1 Å². The van der Waals surface area contributed by atoms with Crippen molar-refractivity contribution >= 4 is 39.2 Å². The standard InChI is InChI=1S/C22H28N6O3S2/c1-15-13-16(2)28-21(23-15)25-22(26-28)32-14-20(29)24-18-11-7-8-12-19(18)33(30,31)27(3)17-9-5-4-6-10-17/h7-8,11-13,17H,4-6,9-10,14H2,1-3H3,(H,24,29). The van der Waals surface area contributed by atoms with Crippen molar-refractivity contribution in [3.8, 4) is 0 Å². The van der Waals surface area contributed by atoms with Crippen LogP contribution in [0.15, 0.2) is 40.4 Å². The number of thioether (sulfide) groups is 1. The van der Waals surface area contributed by atoms with Gasteiger partial charge in [-0.1, -0.05) is 43.2 Å². The van der Waals surface area contributed by atoms with Crippen LogP contribution in [0.4, 0.5) is 5.69 Å². The number of aromatic nitrogens is 4. The van der Waals surface area contributed by atoms with Crippen LogP contribution >= 0.6 is 11.8 Å². The first-order valence-corrected chi connectivity index (χ1v) is 13.4. The van der Waals surface area contributed by atoms with Gasteiger partial charge >= 0.3 is 0 Å². The number of amides is 1. The van der Waals surface area contributed by atoms with Crippen LogP contribution in [0.1, 0.15) is 43.5 Å². The molecule has 1 aromatic carbocycles. The third-order valence-electron chi connectivity index (χ3n) is 5.84. The van der Waals surface area contributed by atoms with Crippen LogP contribution in [0.2, 0.25) is 0 Å². The van der Waals surface area contributed by atoms with E-state index in [1.807, 2.05) is 19.9 Å². The fourth-order valence-corrected chi connectivity index (χ4v) is 6.30. The lowest BCUT2D eigenvalue weighted by atomic mass is 9.96. The number of benzene rings is 1. The molecular formula is C22H28N6O3S2. The second-order valence-corrected chi connectivity index (χ2v) is 11.2. The van der Waals surface area contributed by atoms with Gasteiger partial charge in [0.2, 0.25) is 21.1 Å². The third kappa shape index (κ3) is 5.20. The van der Waals surface area contributed by atoms with Crippen LogP contribution in [0.3, 0.4) is 0 Å². The van der Waals surface area contributed by atoms with E-state index in [1.54, 1.807) is 29.8 Å². The number of para-hydroxylation sites is 1. The number of fused-ring (bicyclic) bond motifs is 1. The summed E-state index contributed by atoms with van der Waals surface area (Å²) in [6, 6.07) is 8.43. The molecule has 11 heteroatoms. The van der Waals surface area contributed by atoms with Crippen molar-refractivity contribution in [3.63, 3.8) is 0 Å². The molecule has 0 radical (unpaired) electrons. The molecule has 2 aromatic heterocycles. The Morgan fingerprint density at radius 1 is 1.18 bits per heavy atom. The number of carbonyl (C=O) groups is 1. The molecule has 33 heavy (non-hydrogen) atoms. The zero-order chi connectivity index (χ0) is 23.6. The highest BCUT2D eigenvalue weighted by atomic mass is 32.2. The van der Waals surface area contributed by atoms with Gasteiger partial charge in [0.25, 0.3) is 5.78 Å². The quantitative estimate of drug-likeness (QED) is 0.508. The van der Waals surface area contributed by atoms with E-state index in [-0.39, 0.29) is 28.3 Å². The molecule has 0 bridgehead atoms. The first-order valence-electron chi connectivity index (χ1n) is 11.0. The molecule has 9 nitrogen and oxygen atoms in total. The summed E-state index contributed by atoms with van der Waals surface area (Å²) < 4.78 is 29.7. The Hall–Kier alpha value is -2.50. The minimum Gasteiger partial charge on any atom is -0.324 e. The summed E-state index contributed by atoms with van der Waals surface area (Å²) in [7, 11) is -2.10. The molecule has 1 N–H and O–H groups in total. The highest BCUT2D eigenvalue weighted by molar-refractivity contribution is 7.99. The predicted octanol–water partition coefficient (Wildman–Crippen LogP) is 3.43. The number of hydrogen-bond donors (Lipinski definition) is 1. The average Bonchev–Trinajstić information content (AvgIpc) is 3.21. The molecule has 2 heterocycles. The zero-order valence-electron chi connectivity index (χ0n) is 19.0. The van der Waals surface area contributed by atoms with Crippen molar-refractivity contribution in [3.05, 3.63) is 41.7 Å². The number of anilines is 1. The Balaban J connectivity index is 1.46. The monoisotopic (exact) mass is 488 g/mol. The minimum absolute atomic E-state index is 0.00936. The van der Waals surface area contributed by atoms with Gasteiger partial charge < -0.3 is 5.32 Å². The molecule has 0 unspecified atom stereocenters. The number of carbonyl (C=O) groups excluding carboxylic acids is 1. The SMILES string of the molecule is Cc1cc(C)n2nc(SCC(=O)Nc3ccccc3S(=O)(=O)N(C)C3CCCCC3)nc2n1. The Morgan fingerprint density at radius 2 is 1.91 bits per heavy atom. The van der Waals surface area contributed by atoms with E-state index in [2.05, 4.69) is 20.4 Å². The summed E-state index contributed by atoms with van der Waals surface area (Å²) in [6.45, 7) is 3.80. The van der Waals surface area contributed by atoms with Crippen LogP contribution < -0.4 is 5.32 Å². The highest BCUT2D eigenvalue weighted by Crippen LogP contribution is 2.30. The fourth-order valence-electron chi connectivity index (χ4n) is 4.12. The Labute approximate surface area is 198 Å². The summed E-state index contributed by atoms with van der Waals surface area (Å²) in [5.41, 5.74) is 2.03. The van der Waals surface area contributed by atoms with Gasteiger partial charge in [0.05, 0.1) is 11.4 Å². The topological polar surface area (TPSA) is 110 Å². The zero-order valence-corrected chi connectivity index (χ0v) is 20.6. The molecule has 1 aliphatic carbocycles. The molecule has 176 valence electrons.